The Balaban J connectivity index is 2.36. The van der Waals surface area contributed by atoms with E-state index in [0.29, 0.717) is 13.1 Å². The van der Waals surface area contributed by atoms with Crippen LogP contribution in [-0.2, 0) is 13.5 Å². The van der Waals surface area contributed by atoms with Crippen LogP contribution >= 0.6 is 0 Å². The molecule has 5 nitrogen and oxygen atoms in total. The zero-order valence-corrected chi connectivity index (χ0v) is 9.03. The van der Waals surface area contributed by atoms with E-state index in [1.165, 1.54) is 0 Å². The third-order valence-corrected chi connectivity index (χ3v) is 2.90. The van der Waals surface area contributed by atoms with Crippen LogP contribution in [0.4, 0.5) is 0 Å². The SMILES string of the molecule is Cc1c2c(nn1C)CCN(CCO)C2=O. The molecule has 1 amide bonds. The molecule has 0 aliphatic carbocycles. The van der Waals surface area contributed by atoms with Gasteiger partial charge < -0.3 is 10.0 Å². The number of rotatable bonds is 2. The van der Waals surface area contributed by atoms with Crippen LogP contribution in [-0.4, -0.2) is 45.4 Å². The fourth-order valence-corrected chi connectivity index (χ4v) is 1.96. The van der Waals surface area contributed by atoms with E-state index in [2.05, 4.69) is 5.10 Å². The second kappa shape index (κ2) is 3.66. The summed E-state index contributed by atoms with van der Waals surface area (Å²) < 4.78 is 1.74. The number of β-amino-alcohol motifs (C(OH)–C–C–N with tert-alkyl or cyclic N) is 1. The van der Waals surface area contributed by atoms with Gasteiger partial charge in [0.05, 0.1) is 17.9 Å². The highest BCUT2D eigenvalue weighted by atomic mass is 16.3. The lowest BCUT2D eigenvalue weighted by atomic mass is 10.1. The van der Waals surface area contributed by atoms with Gasteiger partial charge in [-0.15, -0.1) is 0 Å². The van der Waals surface area contributed by atoms with Crippen LogP contribution in [0.5, 0.6) is 0 Å². The van der Waals surface area contributed by atoms with Gasteiger partial charge in [-0.05, 0) is 6.92 Å². The van der Waals surface area contributed by atoms with E-state index in [0.717, 1.165) is 23.4 Å². The normalized spacial score (nSPS) is 15.7. The molecule has 2 rings (SSSR count). The minimum absolute atomic E-state index is 0.00380. The van der Waals surface area contributed by atoms with Gasteiger partial charge in [0.2, 0.25) is 0 Å². The minimum Gasteiger partial charge on any atom is -0.395 e. The molecular formula is C10H15N3O2. The van der Waals surface area contributed by atoms with Crippen LogP contribution in [0.15, 0.2) is 0 Å². The summed E-state index contributed by atoms with van der Waals surface area (Å²) in [7, 11) is 1.84. The number of hydrogen-bond donors (Lipinski definition) is 1. The van der Waals surface area contributed by atoms with Gasteiger partial charge in [-0.1, -0.05) is 0 Å². The van der Waals surface area contributed by atoms with E-state index in [1.807, 2.05) is 14.0 Å². The average Bonchev–Trinajstić information content (AvgIpc) is 2.49. The van der Waals surface area contributed by atoms with Crippen LogP contribution in [0.1, 0.15) is 21.7 Å². The summed E-state index contributed by atoms with van der Waals surface area (Å²) in [6.45, 7) is 2.97. The number of carbonyl (C=O) groups is 1. The first-order valence-electron chi connectivity index (χ1n) is 5.07. The highest BCUT2D eigenvalue weighted by Gasteiger charge is 2.28. The lowest BCUT2D eigenvalue weighted by molar-refractivity contribution is 0.0704. The molecule has 0 spiro atoms. The van der Waals surface area contributed by atoms with Crippen LogP contribution in [0.3, 0.4) is 0 Å². The van der Waals surface area contributed by atoms with Gasteiger partial charge >= 0.3 is 0 Å². The van der Waals surface area contributed by atoms with E-state index in [4.69, 9.17) is 5.11 Å². The Morgan fingerprint density at radius 3 is 2.93 bits per heavy atom. The van der Waals surface area contributed by atoms with Gasteiger partial charge in [-0.2, -0.15) is 5.10 Å². The van der Waals surface area contributed by atoms with Crippen LogP contribution in [0.25, 0.3) is 0 Å². The fourth-order valence-electron chi connectivity index (χ4n) is 1.96. The summed E-state index contributed by atoms with van der Waals surface area (Å²) >= 11 is 0. The molecule has 1 aromatic rings. The van der Waals surface area contributed by atoms with Crippen LogP contribution < -0.4 is 0 Å². The first-order chi connectivity index (χ1) is 7.15. The van der Waals surface area contributed by atoms with Crippen LogP contribution in [0.2, 0.25) is 0 Å². The smallest absolute Gasteiger partial charge is 0.257 e. The zero-order valence-electron chi connectivity index (χ0n) is 9.03. The zero-order chi connectivity index (χ0) is 11.0. The monoisotopic (exact) mass is 209 g/mol. The molecule has 82 valence electrons. The number of aliphatic hydroxyl groups is 1. The Morgan fingerprint density at radius 1 is 1.53 bits per heavy atom. The number of hydrogen-bond acceptors (Lipinski definition) is 3. The first-order valence-corrected chi connectivity index (χ1v) is 5.07. The van der Waals surface area contributed by atoms with Crippen molar-refractivity contribution in [2.45, 2.75) is 13.3 Å². The second-order valence-electron chi connectivity index (χ2n) is 3.80. The van der Waals surface area contributed by atoms with Crippen molar-refractivity contribution < 1.29 is 9.90 Å². The maximum absolute atomic E-state index is 12.0. The predicted octanol–water partition coefficient (Wildman–Crippen LogP) is -0.281. The van der Waals surface area contributed by atoms with Crippen molar-refractivity contribution in [3.05, 3.63) is 17.0 Å². The Labute approximate surface area is 88.3 Å². The van der Waals surface area contributed by atoms with E-state index < -0.39 is 0 Å². The molecule has 0 fully saturated rings. The maximum Gasteiger partial charge on any atom is 0.257 e. The standard InChI is InChI=1S/C10H15N3O2/c1-7-9-8(11-12(7)2)3-4-13(5-6-14)10(9)15/h14H,3-6H2,1-2H3. The molecule has 2 heterocycles. The molecule has 0 atom stereocenters. The maximum atomic E-state index is 12.0. The Hall–Kier alpha value is -1.36. The van der Waals surface area contributed by atoms with Crippen molar-refractivity contribution in [3.63, 3.8) is 0 Å². The third kappa shape index (κ3) is 1.52. The highest BCUT2D eigenvalue weighted by Crippen LogP contribution is 2.20. The lowest BCUT2D eigenvalue weighted by Gasteiger charge is -2.25. The van der Waals surface area contributed by atoms with Gasteiger partial charge in [0.25, 0.3) is 5.91 Å². The summed E-state index contributed by atoms with van der Waals surface area (Å²) in [5.74, 6) is -0.00380. The molecule has 1 aliphatic heterocycles. The molecule has 1 N–H and O–H groups in total. The van der Waals surface area contributed by atoms with Gasteiger partial charge in [0.1, 0.15) is 0 Å². The molecule has 15 heavy (non-hydrogen) atoms. The van der Waals surface area contributed by atoms with Crippen molar-refractivity contribution >= 4 is 5.91 Å². The van der Waals surface area contributed by atoms with Crippen molar-refractivity contribution in [2.24, 2.45) is 7.05 Å². The molecule has 0 bridgehead atoms. The van der Waals surface area contributed by atoms with Gasteiger partial charge in [0, 0.05) is 32.3 Å². The molecule has 1 aliphatic rings. The molecule has 0 saturated heterocycles. The second-order valence-corrected chi connectivity index (χ2v) is 3.80. The number of aryl methyl sites for hydroxylation is 1. The molecule has 0 unspecified atom stereocenters. The number of aromatic nitrogens is 2. The van der Waals surface area contributed by atoms with E-state index in [9.17, 15) is 4.79 Å². The summed E-state index contributed by atoms with van der Waals surface area (Å²) in [6.07, 6.45) is 0.781. The number of carbonyl (C=O) groups excluding carboxylic acids is 1. The van der Waals surface area contributed by atoms with Gasteiger partial charge in [0.15, 0.2) is 0 Å². The largest absolute Gasteiger partial charge is 0.395 e. The molecule has 5 heteroatoms. The number of amides is 1. The van der Waals surface area contributed by atoms with E-state index in [1.54, 1.807) is 9.58 Å². The molecule has 0 saturated carbocycles. The highest BCUT2D eigenvalue weighted by molar-refractivity contribution is 5.97. The lowest BCUT2D eigenvalue weighted by Crippen LogP contribution is -2.39. The van der Waals surface area contributed by atoms with Crippen molar-refractivity contribution in [1.29, 1.82) is 0 Å². The van der Waals surface area contributed by atoms with Gasteiger partial charge in [-0.3, -0.25) is 9.48 Å². The topological polar surface area (TPSA) is 58.4 Å². The third-order valence-electron chi connectivity index (χ3n) is 2.90. The molecule has 1 aromatic heterocycles. The molecular weight excluding hydrogens is 194 g/mol. The molecule has 0 radical (unpaired) electrons. The minimum atomic E-state index is -0.00380. The molecule has 0 aromatic carbocycles. The van der Waals surface area contributed by atoms with E-state index in [-0.39, 0.29) is 12.5 Å². The van der Waals surface area contributed by atoms with Gasteiger partial charge in [-0.25, -0.2) is 0 Å². The summed E-state index contributed by atoms with van der Waals surface area (Å²) in [6, 6.07) is 0. The number of aliphatic hydroxyl groups excluding tert-OH is 1. The first kappa shape index (κ1) is 10.2. The Morgan fingerprint density at radius 2 is 2.27 bits per heavy atom. The van der Waals surface area contributed by atoms with Crippen molar-refractivity contribution in [3.8, 4) is 0 Å². The quantitative estimate of drug-likeness (QED) is 0.728. The Bertz CT molecular complexity index is 398. The summed E-state index contributed by atoms with van der Waals surface area (Å²) in [5.41, 5.74) is 2.50. The van der Waals surface area contributed by atoms with E-state index >= 15 is 0 Å². The summed E-state index contributed by atoms with van der Waals surface area (Å²) in [4.78, 5) is 13.7. The fraction of sp³-hybridized carbons (Fsp3) is 0.600. The van der Waals surface area contributed by atoms with Crippen molar-refractivity contribution in [1.82, 2.24) is 14.7 Å². The van der Waals surface area contributed by atoms with Crippen molar-refractivity contribution in [2.75, 3.05) is 19.7 Å². The number of nitrogens with zero attached hydrogens (tertiary/aromatic N) is 3. The predicted molar refractivity (Wildman–Crippen MR) is 54.6 cm³/mol. The Kier molecular flexibility index (Phi) is 2.48. The average molecular weight is 209 g/mol. The summed E-state index contributed by atoms with van der Waals surface area (Å²) in [5, 5.41) is 13.1. The number of fused-ring (bicyclic) bond motifs is 1. The van der Waals surface area contributed by atoms with Crippen LogP contribution in [0, 0.1) is 6.92 Å².